The van der Waals surface area contributed by atoms with Gasteiger partial charge in [-0.15, -0.1) is 0 Å². The Morgan fingerprint density at radius 3 is 2.44 bits per heavy atom. The number of hydrogen-bond donors (Lipinski definition) is 1. The van der Waals surface area contributed by atoms with Gasteiger partial charge in [0.05, 0.1) is 17.6 Å². The Morgan fingerprint density at radius 1 is 0.963 bits per heavy atom. The lowest BCUT2D eigenvalue weighted by Gasteiger charge is -2.07. The molecule has 4 aromatic rings. The minimum Gasteiger partial charge on any atom is -0.348 e. The number of aromatic nitrogens is 4. The maximum absolute atomic E-state index is 12.4. The molecule has 6 nitrogen and oxygen atoms in total. The van der Waals surface area contributed by atoms with E-state index in [4.69, 9.17) is 0 Å². The van der Waals surface area contributed by atoms with Crippen LogP contribution < -0.4 is 5.32 Å². The zero-order valence-electron chi connectivity index (χ0n) is 14.9. The molecule has 2 aromatic carbocycles. The molecule has 0 aliphatic carbocycles. The molecule has 0 aliphatic heterocycles. The van der Waals surface area contributed by atoms with Gasteiger partial charge in [0.25, 0.3) is 5.91 Å². The first-order chi connectivity index (χ1) is 13.2. The summed E-state index contributed by atoms with van der Waals surface area (Å²) in [4.78, 5) is 12.4. The molecule has 2 heterocycles. The molecular weight excluding hydrogens is 338 g/mol. The van der Waals surface area contributed by atoms with Crippen LogP contribution in [0, 0.1) is 6.92 Å². The Morgan fingerprint density at radius 2 is 1.74 bits per heavy atom. The SMILES string of the molecule is Cc1ccnn1-c1ccc(C(=O)NCc2cnn(-c3ccccc3)c2)cc1. The van der Waals surface area contributed by atoms with E-state index in [9.17, 15) is 4.79 Å². The second-order valence-electron chi connectivity index (χ2n) is 6.24. The van der Waals surface area contributed by atoms with Crippen LogP contribution in [0.3, 0.4) is 0 Å². The largest absolute Gasteiger partial charge is 0.348 e. The molecule has 134 valence electrons. The molecule has 0 saturated carbocycles. The van der Waals surface area contributed by atoms with Crippen LogP contribution in [0.5, 0.6) is 0 Å². The molecule has 0 atom stereocenters. The van der Waals surface area contributed by atoms with Crippen molar-refractivity contribution in [2.75, 3.05) is 0 Å². The minimum absolute atomic E-state index is 0.119. The molecule has 0 aliphatic rings. The van der Waals surface area contributed by atoms with Crippen molar-refractivity contribution in [1.29, 1.82) is 0 Å². The predicted molar refractivity (Wildman–Crippen MR) is 103 cm³/mol. The van der Waals surface area contributed by atoms with E-state index in [1.54, 1.807) is 29.2 Å². The first-order valence-corrected chi connectivity index (χ1v) is 8.69. The number of carbonyl (C=O) groups excluding carboxylic acids is 1. The molecule has 2 aromatic heterocycles. The minimum atomic E-state index is -0.119. The number of aryl methyl sites for hydroxylation is 1. The topological polar surface area (TPSA) is 64.7 Å². The van der Waals surface area contributed by atoms with E-state index in [0.29, 0.717) is 12.1 Å². The van der Waals surface area contributed by atoms with Gasteiger partial charge in [-0.3, -0.25) is 4.79 Å². The van der Waals surface area contributed by atoms with E-state index in [-0.39, 0.29) is 5.91 Å². The van der Waals surface area contributed by atoms with Gasteiger partial charge in [-0.1, -0.05) is 18.2 Å². The molecular formula is C21H19N5O. The van der Waals surface area contributed by atoms with E-state index in [1.165, 1.54) is 0 Å². The fraction of sp³-hybridized carbons (Fsp3) is 0.0952. The third-order valence-electron chi connectivity index (χ3n) is 4.32. The third-order valence-corrected chi connectivity index (χ3v) is 4.32. The van der Waals surface area contributed by atoms with E-state index in [2.05, 4.69) is 15.5 Å². The summed E-state index contributed by atoms with van der Waals surface area (Å²) >= 11 is 0. The standard InChI is InChI=1S/C21H19N5O/c1-16-11-12-23-26(16)20-9-7-18(8-10-20)21(27)22-13-17-14-24-25(15-17)19-5-3-2-4-6-19/h2-12,14-15H,13H2,1H3,(H,22,27). The first kappa shape index (κ1) is 16.8. The quantitative estimate of drug-likeness (QED) is 0.596. The number of hydrogen-bond acceptors (Lipinski definition) is 3. The number of rotatable bonds is 5. The summed E-state index contributed by atoms with van der Waals surface area (Å²) in [6.45, 7) is 2.41. The monoisotopic (exact) mass is 357 g/mol. The summed E-state index contributed by atoms with van der Waals surface area (Å²) in [6.07, 6.45) is 5.43. The number of nitrogens with one attached hydrogen (secondary N) is 1. The van der Waals surface area contributed by atoms with E-state index < -0.39 is 0 Å². The maximum Gasteiger partial charge on any atom is 0.251 e. The Kier molecular flexibility index (Phi) is 4.53. The van der Waals surface area contributed by atoms with Crippen LogP contribution in [0.15, 0.2) is 79.3 Å². The van der Waals surface area contributed by atoms with Gasteiger partial charge in [0.15, 0.2) is 0 Å². The number of carbonyl (C=O) groups is 1. The summed E-state index contributed by atoms with van der Waals surface area (Å²) in [5.41, 5.74) is 4.51. The number of amides is 1. The van der Waals surface area contributed by atoms with Crippen LogP contribution in [0.25, 0.3) is 11.4 Å². The zero-order chi connectivity index (χ0) is 18.6. The fourth-order valence-electron chi connectivity index (χ4n) is 2.85. The van der Waals surface area contributed by atoms with Gasteiger partial charge >= 0.3 is 0 Å². The second-order valence-corrected chi connectivity index (χ2v) is 6.24. The molecule has 4 rings (SSSR count). The molecule has 0 spiro atoms. The zero-order valence-corrected chi connectivity index (χ0v) is 14.9. The van der Waals surface area contributed by atoms with Crippen molar-refractivity contribution in [3.05, 3.63) is 96.1 Å². The van der Waals surface area contributed by atoms with Crippen molar-refractivity contribution in [3.63, 3.8) is 0 Å². The molecule has 0 unspecified atom stereocenters. The van der Waals surface area contributed by atoms with Gasteiger partial charge in [0, 0.05) is 35.8 Å². The molecule has 6 heteroatoms. The summed E-state index contributed by atoms with van der Waals surface area (Å²) in [7, 11) is 0. The van der Waals surface area contributed by atoms with Gasteiger partial charge in [-0.2, -0.15) is 10.2 Å². The van der Waals surface area contributed by atoms with Crippen molar-refractivity contribution < 1.29 is 4.79 Å². The van der Waals surface area contributed by atoms with Crippen molar-refractivity contribution in [2.24, 2.45) is 0 Å². The van der Waals surface area contributed by atoms with Crippen LogP contribution in [-0.2, 0) is 6.54 Å². The number of benzene rings is 2. The average Bonchev–Trinajstić information content (AvgIpc) is 3.36. The van der Waals surface area contributed by atoms with Gasteiger partial charge < -0.3 is 5.32 Å². The molecule has 0 saturated heterocycles. The highest BCUT2D eigenvalue weighted by atomic mass is 16.1. The van der Waals surface area contributed by atoms with Crippen molar-refractivity contribution in [2.45, 2.75) is 13.5 Å². The van der Waals surface area contributed by atoms with Crippen molar-refractivity contribution in [3.8, 4) is 11.4 Å². The Hall–Kier alpha value is -3.67. The van der Waals surface area contributed by atoms with Gasteiger partial charge in [0.2, 0.25) is 0 Å². The van der Waals surface area contributed by atoms with Crippen LogP contribution >= 0.6 is 0 Å². The van der Waals surface area contributed by atoms with E-state index in [0.717, 1.165) is 22.6 Å². The lowest BCUT2D eigenvalue weighted by molar-refractivity contribution is 0.0951. The van der Waals surface area contributed by atoms with Crippen LogP contribution in [0.2, 0.25) is 0 Å². The summed E-state index contributed by atoms with van der Waals surface area (Å²) in [6, 6.07) is 19.2. The fourth-order valence-corrected chi connectivity index (χ4v) is 2.85. The highest BCUT2D eigenvalue weighted by Gasteiger charge is 2.08. The molecule has 1 amide bonds. The lowest BCUT2D eigenvalue weighted by atomic mass is 10.2. The molecule has 0 radical (unpaired) electrons. The van der Waals surface area contributed by atoms with E-state index >= 15 is 0 Å². The van der Waals surface area contributed by atoms with Crippen LogP contribution in [0.4, 0.5) is 0 Å². The van der Waals surface area contributed by atoms with Crippen molar-refractivity contribution in [1.82, 2.24) is 24.9 Å². The van der Waals surface area contributed by atoms with Gasteiger partial charge in [-0.25, -0.2) is 9.36 Å². The Balaban J connectivity index is 1.40. The summed E-state index contributed by atoms with van der Waals surface area (Å²) in [5, 5.41) is 11.5. The Bertz CT molecular complexity index is 1050. The normalized spacial score (nSPS) is 10.7. The predicted octanol–water partition coefficient (Wildman–Crippen LogP) is 3.30. The smallest absolute Gasteiger partial charge is 0.251 e. The summed E-state index contributed by atoms with van der Waals surface area (Å²) in [5.74, 6) is -0.119. The third kappa shape index (κ3) is 3.64. The first-order valence-electron chi connectivity index (χ1n) is 8.69. The van der Waals surface area contributed by atoms with Crippen LogP contribution in [-0.4, -0.2) is 25.5 Å². The highest BCUT2D eigenvalue weighted by Crippen LogP contribution is 2.12. The van der Waals surface area contributed by atoms with Crippen molar-refractivity contribution >= 4 is 5.91 Å². The number of para-hydroxylation sites is 1. The summed E-state index contributed by atoms with van der Waals surface area (Å²) < 4.78 is 3.63. The molecule has 1 N–H and O–H groups in total. The van der Waals surface area contributed by atoms with Gasteiger partial charge in [0.1, 0.15) is 0 Å². The highest BCUT2D eigenvalue weighted by molar-refractivity contribution is 5.94. The molecule has 0 bridgehead atoms. The van der Waals surface area contributed by atoms with Gasteiger partial charge in [-0.05, 0) is 49.4 Å². The maximum atomic E-state index is 12.4. The van der Waals surface area contributed by atoms with Crippen LogP contribution in [0.1, 0.15) is 21.6 Å². The average molecular weight is 357 g/mol. The Labute approximate surface area is 157 Å². The lowest BCUT2D eigenvalue weighted by Crippen LogP contribution is -2.22. The van der Waals surface area contributed by atoms with E-state index in [1.807, 2.05) is 66.3 Å². The number of nitrogens with zero attached hydrogens (tertiary/aromatic N) is 4. The second kappa shape index (κ2) is 7.29. The molecule has 0 fully saturated rings. The molecule has 27 heavy (non-hydrogen) atoms.